The predicted octanol–water partition coefficient (Wildman–Crippen LogP) is 19.0. The molecule has 0 aliphatic heterocycles. The van der Waals surface area contributed by atoms with Gasteiger partial charge in [0, 0.05) is 6.42 Å². The number of phosphoric acid groups is 1. The lowest BCUT2D eigenvalue weighted by molar-refractivity contribution is -0.870. The number of amides is 1. The van der Waals surface area contributed by atoms with E-state index in [0.717, 1.165) is 77.0 Å². The van der Waals surface area contributed by atoms with Crippen molar-refractivity contribution in [2.75, 3.05) is 40.9 Å². The number of nitrogens with one attached hydrogen (secondary N) is 1. The van der Waals surface area contributed by atoms with Crippen LogP contribution in [0.2, 0.25) is 0 Å². The molecule has 9 heteroatoms. The molecule has 0 rings (SSSR count). The number of aliphatic hydroxyl groups is 1. The fraction of sp³-hybridized carbons (Fsp3) is 0.797. The van der Waals surface area contributed by atoms with Gasteiger partial charge in [0.05, 0.1) is 39.9 Å². The number of carbonyl (C=O) groups excluding carboxylic acids is 1. The zero-order chi connectivity index (χ0) is 53.5. The van der Waals surface area contributed by atoms with Crippen LogP contribution < -0.4 is 5.32 Å². The van der Waals surface area contributed by atoms with Gasteiger partial charge in [0.25, 0.3) is 0 Å². The molecular formula is C64H120N2O6P+. The van der Waals surface area contributed by atoms with E-state index in [0.29, 0.717) is 23.9 Å². The Balaban J connectivity index is 4.15. The maximum Gasteiger partial charge on any atom is 0.472 e. The molecule has 3 unspecified atom stereocenters. The molecule has 426 valence electrons. The molecule has 0 bridgehead atoms. The number of allylic oxidation sites excluding steroid dienone is 12. The van der Waals surface area contributed by atoms with Crippen LogP contribution in [0.15, 0.2) is 72.9 Å². The van der Waals surface area contributed by atoms with Gasteiger partial charge in [-0.25, -0.2) is 4.57 Å². The fourth-order valence-corrected chi connectivity index (χ4v) is 9.67. The Morgan fingerprint density at radius 2 is 0.822 bits per heavy atom. The van der Waals surface area contributed by atoms with Crippen LogP contribution in [-0.2, 0) is 18.4 Å². The van der Waals surface area contributed by atoms with Crippen LogP contribution in [0.4, 0.5) is 0 Å². The summed E-state index contributed by atoms with van der Waals surface area (Å²) >= 11 is 0. The van der Waals surface area contributed by atoms with Crippen molar-refractivity contribution in [3.8, 4) is 0 Å². The third kappa shape index (κ3) is 57.5. The van der Waals surface area contributed by atoms with Crippen molar-refractivity contribution in [1.29, 1.82) is 0 Å². The minimum atomic E-state index is -4.33. The van der Waals surface area contributed by atoms with E-state index < -0.39 is 20.0 Å². The first kappa shape index (κ1) is 70.9. The predicted molar refractivity (Wildman–Crippen MR) is 318 cm³/mol. The van der Waals surface area contributed by atoms with Crippen molar-refractivity contribution in [2.24, 2.45) is 0 Å². The minimum absolute atomic E-state index is 0.0715. The Morgan fingerprint density at radius 1 is 0.479 bits per heavy atom. The summed E-state index contributed by atoms with van der Waals surface area (Å²) in [6.07, 6.45) is 75.3. The molecule has 0 aromatic rings. The number of carbonyl (C=O) groups is 1. The molecule has 0 saturated heterocycles. The van der Waals surface area contributed by atoms with Gasteiger partial charge in [-0.15, -0.1) is 0 Å². The minimum Gasteiger partial charge on any atom is -0.391 e. The third-order valence-electron chi connectivity index (χ3n) is 13.7. The number of phosphoric ester groups is 1. The molecule has 8 nitrogen and oxygen atoms in total. The third-order valence-corrected chi connectivity index (χ3v) is 14.7. The molecule has 3 atom stereocenters. The summed E-state index contributed by atoms with van der Waals surface area (Å²) in [6.45, 7) is 4.80. The molecule has 0 aromatic carbocycles. The van der Waals surface area contributed by atoms with E-state index in [1.54, 1.807) is 0 Å². The van der Waals surface area contributed by atoms with Crippen molar-refractivity contribution in [3.63, 3.8) is 0 Å². The first-order valence-corrected chi connectivity index (χ1v) is 32.3. The van der Waals surface area contributed by atoms with Crippen LogP contribution in [0.3, 0.4) is 0 Å². The summed E-state index contributed by atoms with van der Waals surface area (Å²) < 4.78 is 23.8. The van der Waals surface area contributed by atoms with Crippen LogP contribution in [0.5, 0.6) is 0 Å². The van der Waals surface area contributed by atoms with Crippen molar-refractivity contribution < 1.29 is 32.9 Å². The van der Waals surface area contributed by atoms with Gasteiger partial charge >= 0.3 is 7.82 Å². The Labute approximate surface area is 453 Å². The Morgan fingerprint density at radius 3 is 1.21 bits per heavy atom. The molecule has 0 spiro atoms. The van der Waals surface area contributed by atoms with Crippen LogP contribution in [-0.4, -0.2) is 73.4 Å². The summed E-state index contributed by atoms with van der Waals surface area (Å²) in [5.41, 5.74) is 0. The van der Waals surface area contributed by atoms with Gasteiger partial charge in [-0.1, -0.05) is 279 Å². The second kappa shape index (κ2) is 54.7. The number of hydrogen-bond donors (Lipinski definition) is 3. The van der Waals surface area contributed by atoms with Gasteiger partial charge in [0.1, 0.15) is 13.2 Å². The summed E-state index contributed by atoms with van der Waals surface area (Å²) in [6, 6.07) is -0.768. The molecule has 0 fully saturated rings. The Hall–Kier alpha value is -2.06. The highest BCUT2D eigenvalue weighted by molar-refractivity contribution is 7.47. The summed E-state index contributed by atoms with van der Waals surface area (Å²) in [5.74, 6) is -0.149. The van der Waals surface area contributed by atoms with Gasteiger partial charge in [-0.2, -0.15) is 0 Å². The van der Waals surface area contributed by atoms with Crippen molar-refractivity contribution in [1.82, 2.24) is 5.32 Å². The topological polar surface area (TPSA) is 105 Å². The molecule has 0 saturated carbocycles. The first-order valence-electron chi connectivity index (χ1n) is 30.8. The van der Waals surface area contributed by atoms with Crippen LogP contribution in [0.1, 0.15) is 277 Å². The van der Waals surface area contributed by atoms with Gasteiger partial charge in [-0.3, -0.25) is 13.8 Å². The van der Waals surface area contributed by atoms with Gasteiger partial charge < -0.3 is 19.8 Å². The zero-order valence-electron chi connectivity index (χ0n) is 48.6. The van der Waals surface area contributed by atoms with Crippen LogP contribution in [0, 0.1) is 0 Å². The molecule has 0 aromatic heterocycles. The summed E-state index contributed by atoms with van der Waals surface area (Å²) in [5, 5.41) is 14.1. The molecule has 1 amide bonds. The molecule has 73 heavy (non-hydrogen) atoms. The second-order valence-corrected chi connectivity index (χ2v) is 23.5. The number of quaternary nitrogens is 1. The lowest BCUT2D eigenvalue weighted by atomic mass is 10.0. The SMILES string of the molecule is CC/C=C\C/C=C\C/C=C\C/C=C\C/C=C\C/C=C\CCCCCCCCCCCCC(=O)NC(COP(=O)(O)OCC[N+](C)(C)C)C(O)CCCCCCCCCCCCCCCCCCCCCCCC. The molecule has 0 heterocycles. The summed E-state index contributed by atoms with van der Waals surface area (Å²) in [4.78, 5) is 23.4. The van der Waals surface area contributed by atoms with E-state index >= 15 is 0 Å². The van der Waals surface area contributed by atoms with E-state index in [1.165, 1.54) is 173 Å². The van der Waals surface area contributed by atoms with Gasteiger partial charge in [0.2, 0.25) is 5.91 Å². The second-order valence-electron chi connectivity index (χ2n) is 22.1. The Bertz CT molecular complexity index is 1420. The van der Waals surface area contributed by atoms with Crippen molar-refractivity contribution in [3.05, 3.63) is 72.9 Å². The number of rotatable bonds is 56. The fourth-order valence-electron chi connectivity index (χ4n) is 8.93. The highest BCUT2D eigenvalue weighted by Crippen LogP contribution is 2.43. The van der Waals surface area contributed by atoms with E-state index in [9.17, 15) is 19.4 Å². The number of likely N-dealkylation sites (N-methyl/N-ethyl adjacent to an activating group) is 1. The van der Waals surface area contributed by atoms with E-state index in [1.807, 2.05) is 21.1 Å². The number of nitrogens with zero attached hydrogens (tertiary/aromatic N) is 1. The van der Waals surface area contributed by atoms with Crippen LogP contribution in [0.25, 0.3) is 0 Å². The maximum atomic E-state index is 13.0. The van der Waals surface area contributed by atoms with Gasteiger partial charge in [-0.05, 0) is 64.2 Å². The Kier molecular flexibility index (Phi) is 53.2. The highest BCUT2D eigenvalue weighted by Gasteiger charge is 2.28. The molecule has 3 N–H and O–H groups in total. The lowest BCUT2D eigenvalue weighted by Crippen LogP contribution is -2.46. The van der Waals surface area contributed by atoms with Gasteiger partial charge in [0.15, 0.2) is 0 Å². The number of hydrogen-bond acceptors (Lipinski definition) is 5. The highest BCUT2D eigenvalue weighted by atomic mass is 31.2. The van der Waals surface area contributed by atoms with Crippen LogP contribution >= 0.6 is 7.82 Å². The van der Waals surface area contributed by atoms with E-state index in [2.05, 4.69) is 92.1 Å². The smallest absolute Gasteiger partial charge is 0.391 e. The van der Waals surface area contributed by atoms with E-state index in [-0.39, 0.29) is 19.1 Å². The quantitative estimate of drug-likeness (QED) is 0.0243. The first-order chi connectivity index (χ1) is 35.5. The average molecular weight is 1040 g/mol. The number of aliphatic hydroxyl groups excluding tert-OH is 1. The lowest BCUT2D eigenvalue weighted by Gasteiger charge is -2.26. The molecule has 0 radical (unpaired) electrons. The monoisotopic (exact) mass is 1040 g/mol. The largest absolute Gasteiger partial charge is 0.472 e. The average Bonchev–Trinajstić information content (AvgIpc) is 3.35. The normalized spacial score (nSPS) is 14.3. The van der Waals surface area contributed by atoms with E-state index in [4.69, 9.17) is 9.05 Å². The molecule has 0 aliphatic rings. The molecule has 0 aliphatic carbocycles. The summed E-state index contributed by atoms with van der Waals surface area (Å²) in [7, 11) is 1.61. The van der Waals surface area contributed by atoms with Crippen molar-refractivity contribution >= 4 is 13.7 Å². The zero-order valence-corrected chi connectivity index (χ0v) is 49.5. The number of unbranched alkanes of at least 4 members (excludes halogenated alkanes) is 31. The molecular weight excluding hydrogens is 924 g/mol. The standard InChI is InChI=1S/C64H119N2O6P/c1-6-8-10-12-14-16-18-20-22-24-26-28-30-31-32-33-34-35-36-38-40-42-44-46-48-50-52-54-56-58-64(68)65-62(61-72-73(69,70)71-60-59-66(3,4)5)63(67)57-55-53-51-49-47-45-43-41-39-37-29-27-25-23-21-19-17-15-13-11-9-7-2/h8,10,14,16,20,22,26,28,31-32,34-35,62-63,67H,6-7,9,11-13,15,17-19,21,23-25,27,29-30,33,36-61H2,1-5H3,(H-,65,68,69,70)/p+1/b10-8-,16-14-,22-20-,28-26-,32-31-,35-34-. The maximum absolute atomic E-state index is 13.0. The van der Waals surface area contributed by atoms with Crippen molar-refractivity contribution in [2.45, 2.75) is 289 Å².